The number of rotatable bonds is 6. The van der Waals surface area contributed by atoms with Gasteiger partial charge in [0.05, 0.1) is 7.11 Å². The highest BCUT2D eigenvalue weighted by molar-refractivity contribution is 6.00. The number of nitrogens with one attached hydrogen (secondary N) is 1. The van der Waals surface area contributed by atoms with Gasteiger partial charge in [0.2, 0.25) is 0 Å². The molecule has 6 heteroatoms. The molecule has 2 aromatic carbocycles. The van der Waals surface area contributed by atoms with E-state index in [0.717, 1.165) is 38.2 Å². The molecule has 160 valence electrons. The van der Waals surface area contributed by atoms with Crippen molar-refractivity contribution in [3.63, 3.8) is 0 Å². The Morgan fingerprint density at radius 1 is 1.20 bits per heavy atom. The zero-order chi connectivity index (χ0) is 21.5. The first-order valence-corrected chi connectivity index (χ1v) is 10.5. The fourth-order valence-corrected chi connectivity index (χ4v) is 3.74. The molecule has 30 heavy (non-hydrogen) atoms. The van der Waals surface area contributed by atoms with Crippen molar-refractivity contribution in [2.45, 2.75) is 39.2 Å². The van der Waals surface area contributed by atoms with Gasteiger partial charge in [0.25, 0.3) is 0 Å². The summed E-state index contributed by atoms with van der Waals surface area (Å²) < 4.78 is 5.12. The summed E-state index contributed by atoms with van der Waals surface area (Å²) in [4.78, 5) is 18.7. The van der Waals surface area contributed by atoms with Crippen LogP contribution in [0, 0.1) is 5.92 Å². The van der Waals surface area contributed by atoms with Crippen LogP contribution < -0.4 is 15.8 Å². The van der Waals surface area contributed by atoms with E-state index in [2.05, 4.69) is 53.3 Å². The summed E-state index contributed by atoms with van der Waals surface area (Å²) in [6, 6.07) is 15.5. The fourth-order valence-electron chi connectivity index (χ4n) is 3.74. The normalized spacial score (nSPS) is 17.7. The number of amides is 2. The van der Waals surface area contributed by atoms with Gasteiger partial charge in [0.1, 0.15) is 11.6 Å². The Bertz CT molecular complexity index is 860. The number of carbonyl (C=O) groups excluding carboxylic acids is 1. The first-order chi connectivity index (χ1) is 14.4. The molecule has 1 saturated heterocycles. The maximum Gasteiger partial charge on any atom is 0.347 e. The van der Waals surface area contributed by atoms with Gasteiger partial charge in [-0.2, -0.15) is 4.99 Å². The zero-order valence-corrected chi connectivity index (χ0v) is 18.1. The molecule has 3 N–H and O–H groups in total. The summed E-state index contributed by atoms with van der Waals surface area (Å²) in [6.45, 7) is 7.15. The topological polar surface area (TPSA) is 79.9 Å². The summed E-state index contributed by atoms with van der Waals surface area (Å²) in [6.07, 6.45) is 2.00. The molecule has 2 aromatic rings. The third kappa shape index (κ3) is 6.07. The summed E-state index contributed by atoms with van der Waals surface area (Å²) in [7, 11) is 1.60. The second kappa shape index (κ2) is 10.3. The molecule has 1 atom stereocenters. The maximum absolute atomic E-state index is 12.3. The van der Waals surface area contributed by atoms with E-state index in [1.807, 2.05) is 0 Å². The number of aliphatic imine (C=N–C) groups is 1. The second-order valence-corrected chi connectivity index (χ2v) is 8.17. The lowest BCUT2D eigenvalue weighted by atomic mass is 9.96. The highest BCUT2D eigenvalue weighted by Gasteiger charge is 2.23. The van der Waals surface area contributed by atoms with E-state index >= 15 is 0 Å². The molecule has 0 aromatic heterocycles. The monoisotopic (exact) mass is 408 g/mol. The first kappa shape index (κ1) is 21.8. The third-order valence-corrected chi connectivity index (χ3v) is 5.55. The summed E-state index contributed by atoms with van der Waals surface area (Å²) >= 11 is 0. The van der Waals surface area contributed by atoms with Gasteiger partial charge in [-0.3, -0.25) is 4.90 Å². The highest BCUT2D eigenvalue weighted by Crippen LogP contribution is 2.21. The van der Waals surface area contributed by atoms with E-state index < -0.39 is 6.03 Å². The van der Waals surface area contributed by atoms with Gasteiger partial charge < -0.3 is 15.8 Å². The number of benzene rings is 2. The van der Waals surface area contributed by atoms with Crippen LogP contribution in [-0.2, 0) is 6.54 Å². The van der Waals surface area contributed by atoms with Crippen LogP contribution >= 0.6 is 0 Å². The molecule has 0 saturated carbocycles. The lowest BCUT2D eigenvalue weighted by molar-refractivity contribution is 0.196. The molecule has 2 amide bonds. The molecule has 0 radical (unpaired) electrons. The molecule has 0 aliphatic carbocycles. The van der Waals surface area contributed by atoms with Gasteiger partial charge in [0, 0.05) is 24.7 Å². The number of carbonyl (C=O) groups is 1. The minimum Gasteiger partial charge on any atom is -0.497 e. The van der Waals surface area contributed by atoms with Gasteiger partial charge in [0.15, 0.2) is 0 Å². The third-order valence-electron chi connectivity index (χ3n) is 5.55. The van der Waals surface area contributed by atoms with E-state index in [9.17, 15) is 4.79 Å². The molecule has 1 unspecified atom stereocenters. The first-order valence-electron chi connectivity index (χ1n) is 10.5. The number of urea groups is 1. The van der Waals surface area contributed by atoms with Crippen molar-refractivity contribution in [1.29, 1.82) is 0 Å². The summed E-state index contributed by atoms with van der Waals surface area (Å²) in [5.74, 6) is 1.77. The van der Waals surface area contributed by atoms with Crippen molar-refractivity contribution in [2.75, 3.05) is 25.5 Å². The van der Waals surface area contributed by atoms with Crippen LogP contribution in [0.5, 0.6) is 5.75 Å². The van der Waals surface area contributed by atoms with Crippen LogP contribution in [0.25, 0.3) is 0 Å². The lowest BCUT2D eigenvalue weighted by Gasteiger charge is -2.32. The van der Waals surface area contributed by atoms with Crippen molar-refractivity contribution in [3.05, 3.63) is 59.7 Å². The van der Waals surface area contributed by atoms with Gasteiger partial charge in [-0.05, 0) is 60.7 Å². The van der Waals surface area contributed by atoms with E-state index in [1.165, 1.54) is 11.1 Å². The standard InChI is InChI=1S/C24H32N4O2/c1-17(2)19-8-6-18(7-9-19)15-28-14-4-5-20(16-28)23(25)27-24(29)26-21-10-12-22(30-3)13-11-21/h6-13,17,20H,4-5,14-16H2,1-3H3,(H3,25,26,27,29). The van der Waals surface area contributed by atoms with Crippen molar-refractivity contribution < 1.29 is 9.53 Å². The lowest BCUT2D eigenvalue weighted by Crippen LogP contribution is -2.41. The molecule has 1 heterocycles. The van der Waals surface area contributed by atoms with Crippen molar-refractivity contribution in [3.8, 4) is 5.75 Å². The Kier molecular flexibility index (Phi) is 7.46. The van der Waals surface area contributed by atoms with Crippen LogP contribution in [0.3, 0.4) is 0 Å². The van der Waals surface area contributed by atoms with Crippen molar-refractivity contribution in [2.24, 2.45) is 16.6 Å². The molecular formula is C24H32N4O2. The molecule has 0 spiro atoms. The second-order valence-electron chi connectivity index (χ2n) is 8.17. The average Bonchev–Trinajstić information content (AvgIpc) is 2.75. The summed E-state index contributed by atoms with van der Waals surface area (Å²) in [5.41, 5.74) is 9.51. The van der Waals surface area contributed by atoms with E-state index in [4.69, 9.17) is 10.5 Å². The van der Waals surface area contributed by atoms with Gasteiger partial charge >= 0.3 is 6.03 Å². The van der Waals surface area contributed by atoms with Crippen LogP contribution in [0.2, 0.25) is 0 Å². The number of likely N-dealkylation sites (tertiary alicyclic amines) is 1. The molecule has 3 rings (SSSR count). The number of nitrogens with two attached hydrogens (primary N) is 1. The van der Waals surface area contributed by atoms with Crippen LogP contribution in [-0.4, -0.2) is 37.0 Å². The van der Waals surface area contributed by atoms with Gasteiger partial charge in [-0.15, -0.1) is 0 Å². The number of nitrogens with zero attached hydrogens (tertiary/aromatic N) is 2. The average molecular weight is 409 g/mol. The SMILES string of the molecule is COc1ccc(NC(=O)/N=C(\N)C2CCCN(Cc3ccc(C(C)C)cc3)C2)cc1. The molecular weight excluding hydrogens is 376 g/mol. The van der Waals surface area contributed by atoms with Crippen LogP contribution in [0.1, 0.15) is 43.7 Å². The number of anilines is 1. The quantitative estimate of drug-likeness (QED) is 0.540. The van der Waals surface area contributed by atoms with E-state index in [1.54, 1.807) is 31.4 Å². The van der Waals surface area contributed by atoms with Crippen LogP contribution in [0.15, 0.2) is 53.5 Å². The predicted molar refractivity (Wildman–Crippen MR) is 122 cm³/mol. The minimum atomic E-state index is -0.445. The number of piperidine rings is 1. The Balaban J connectivity index is 1.55. The number of ether oxygens (including phenoxy) is 1. The molecule has 1 aliphatic rings. The predicted octanol–water partition coefficient (Wildman–Crippen LogP) is 4.62. The largest absolute Gasteiger partial charge is 0.497 e. The Hall–Kier alpha value is -2.86. The zero-order valence-electron chi connectivity index (χ0n) is 18.1. The van der Waals surface area contributed by atoms with Crippen molar-refractivity contribution in [1.82, 2.24) is 4.90 Å². The summed E-state index contributed by atoms with van der Waals surface area (Å²) in [5, 5.41) is 2.75. The number of methoxy groups -OCH3 is 1. The molecule has 0 bridgehead atoms. The smallest absolute Gasteiger partial charge is 0.347 e. The van der Waals surface area contributed by atoms with Crippen molar-refractivity contribution >= 4 is 17.6 Å². The number of hydrogen-bond donors (Lipinski definition) is 2. The van der Waals surface area contributed by atoms with Gasteiger partial charge in [-0.25, -0.2) is 4.79 Å². The molecule has 1 aliphatic heterocycles. The van der Waals surface area contributed by atoms with E-state index in [-0.39, 0.29) is 5.92 Å². The fraction of sp³-hybridized carbons (Fsp3) is 0.417. The van der Waals surface area contributed by atoms with Crippen LogP contribution in [0.4, 0.5) is 10.5 Å². The van der Waals surface area contributed by atoms with Gasteiger partial charge in [-0.1, -0.05) is 38.1 Å². The highest BCUT2D eigenvalue weighted by atomic mass is 16.5. The number of amidine groups is 1. The Labute approximate surface area is 179 Å². The molecule has 1 fully saturated rings. The maximum atomic E-state index is 12.3. The van der Waals surface area contributed by atoms with E-state index in [0.29, 0.717) is 17.4 Å². The molecule has 6 nitrogen and oxygen atoms in total. The number of hydrogen-bond acceptors (Lipinski definition) is 3. The minimum absolute atomic E-state index is 0.0929. The Morgan fingerprint density at radius 2 is 1.90 bits per heavy atom. The Morgan fingerprint density at radius 3 is 2.53 bits per heavy atom.